The lowest BCUT2D eigenvalue weighted by atomic mass is 10.4. The molecule has 0 amide bonds. The first-order valence-electron chi connectivity index (χ1n) is 3.82. The quantitative estimate of drug-likeness (QED) is 0.639. The van der Waals surface area contributed by atoms with E-state index in [1.165, 1.54) is 0 Å². The SMILES string of the molecule is Nc1ccnc(Nc2cn[nH]c2)c1. The predicted molar refractivity (Wildman–Crippen MR) is 50.5 cm³/mol. The van der Waals surface area contributed by atoms with Gasteiger partial charge in [-0.1, -0.05) is 0 Å². The summed E-state index contributed by atoms with van der Waals surface area (Å²) in [4.78, 5) is 4.08. The normalized spacial score (nSPS) is 9.85. The molecule has 0 unspecified atom stereocenters. The van der Waals surface area contributed by atoms with Crippen molar-refractivity contribution in [1.82, 2.24) is 15.2 Å². The molecule has 0 saturated carbocycles. The molecular weight excluding hydrogens is 166 g/mol. The van der Waals surface area contributed by atoms with Crippen LogP contribution >= 0.6 is 0 Å². The van der Waals surface area contributed by atoms with Crippen LogP contribution in [0.2, 0.25) is 0 Å². The number of hydrogen-bond acceptors (Lipinski definition) is 4. The van der Waals surface area contributed by atoms with E-state index in [0.29, 0.717) is 11.5 Å². The van der Waals surface area contributed by atoms with Crippen LogP contribution in [-0.4, -0.2) is 15.2 Å². The maximum absolute atomic E-state index is 5.58. The molecule has 5 heteroatoms. The monoisotopic (exact) mass is 175 g/mol. The molecule has 0 saturated heterocycles. The molecule has 5 nitrogen and oxygen atoms in total. The third-order valence-electron chi connectivity index (χ3n) is 1.55. The van der Waals surface area contributed by atoms with Crippen LogP contribution in [0.4, 0.5) is 17.2 Å². The highest BCUT2D eigenvalue weighted by molar-refractivity contribution is 5.57. The molecule has 66 valence electrons. The average molecular weight is 175 g/mol. The summed E-state index contributed by atoms with van der Waals surface area (Å²) in [6.07, 6.45) is 5.06. The predicted octanol–water partition coefficient (Wildman–Crippen LogP) is 1.13. The highest BCUT2D eigenvalue weighted by atomic mass is 15.1. The third-order valence-corrected chi connectivity index (χ3v) is 1.55. The molecule has 2 rings (SSSR count). The van der Waals surface area contributed by atoms with E-state index in [0.717, 1.165) is 5.69 Å². The van der Waals surface area contributed by atoms with Crippen molar-refractivity contribution in [3.8, 4) is 0 Å². The molecule has 0 aliphatic carbocycles. The van der Waals surface area contributed by atoms with E-state index in [4.69, 9.17) is 5.73 Å². The van der Waals surface area contributed by atoms with Gasteiger partial charge in [0.1, 0.15) is 5.82 Å². The number of hydrogen-bond donors (Lipinski definition) is 3. The molecule has 13 heavy (non-hydrogen) atoms. The summed E-state index contributed by atoms with van der Waals surface area (Å²) in [5.74, 6) is 0.710. The number of nitrogens with zero attached hydrogens (tertiary/aromatic N) is 2. The van der Waals surface area contributed by atoms with Gasteiger partial charge in [0.05, 0.1) is 11.9 Å². The molecule has 2 aromatic heterocycles. The number of nitrogens with one attached hydrogen (secondary N) is 2. The van der Waals surface area contributed by atoms with Crippen LogP contribution in [0, 0.1) is 0 Å². The Labute approximate surface area is 75.0 Å². The van der Waals surface area contributed by atoms with Gasteiger partial charge in [-0.25, -0.2) is 4.98 Å². The van der Waals surface area contributed by atoms with E-state index >= 15 is 0 Å². The lowest BCUT2D eigenvalue weighted by Gasteiger charge is -2.01. The molecule has 0 aromatic carbocycles. The van der Waals surface area contributed by atoms with E-state index < -0.39 is 0 Å². The highest BCUT2D eigenvalue weighted by Crippen LogP contribution is 2.13. The number of anilines is 3. The molecular formula is C8H9N5. The Bertz CT molecular complexity index is 381. The smallest absolute Gasteiger partial charge is 0.132 e. The van der Waals surface area contributed by atoms with Gasteiger partial charge in [0.2, 0.25) is 0 Å². The van der Waals surface area contributed by atoms with Crippen LogP contribution in [-0.2, 0) is 0 Å². The van der Waals surface area contributed by atoms with Crippen LogP contribution in [0.3, 0.4) is 0 Å². The van der Waals surface area contributed by atoms with Gasteiger partial charge < -0.3 is 11.1 Å². The molecule has 2 aromatic rings. The molecule has 0 fully saturated rings. The van der Waals surface area contributed by atoms with E-state index in [2.05, 4.69) is 20.5 Å². The maximum Gasteiger partial charge on any atom is 0.132 e. The minimum Gasteiger partial charge on any atom is -0.399 e. The van der Waals surface area contributed by atoms with Crippen LogP contribution in [0.25, 0.3) is 0 Å². The second kappa shape index (κ2) is 3.14. The van der Waals surface area contributed by atoms with Gasteiger partial charge in [0.25, 0.3) is 0 Å². The van der Waals surface area contributed by atoms with Gasteiger partial charge in [-0.15, -0.1) is 0 Å². The maximum atomic E-state index is 5.58. The summed E-state index contributed by atoms with van der Waals surface area (Å²) >= 11 is 0. The Hall–Kier alpha value is -2.04. The van der Waals surface area contributed by atoms with E-state index in [1.807, 2.05) is 0 Å². The van der Waals surface area contributed by atoms with E-state index in [9.17, 15) is 0 Å². The first-order chi connectivity index (χ1) is 6.34. The summed E-state index contributed by atoms with van der Waals surface area (Å²) in [7, 11) is 0. The van der Waals surface area contributed by atoms with Gasteiger partial charge in [0, 0.05) is 24.1 Å². The molecule has 0 atom stereocenters. The fraction of sp³-hybridized carbons (Fsp3) is 0. The van der Waals surface area contributed by atoms with Crippen molar-refractivity contribution in [3.63, 3.8) is 0 Å². The average Bonchev–Trinajstić information content (AvgIpc) is 2.57. The molecule has 0 radical (unpaired) electrons. The lowest BCUT2D eigenvalue weighted by molar-refractivity contribution is 1.09. The standard InChI is InChI=1S/C8H9N5/c9-6-1-2-10-8(3-6)13-7-4-11-12-5-7/h1-5H,(H,11,12)(H3,9,10,13). The highest BCUT2D eigenvalue weighted by Gasteiger charge is 1.95. The van der Waals surface area contributed by atoms with Crippen molar-refractivity contribution < 1.29 is 0 Å². The van der Waals surface area contributed by atoms with Crippen molar-refractivity contribution in [2.45, 2.75) is 0 Å². The van der Waals surface area contributed by atoms with Crippen LogP contribution in [0.5, 0.6) is 0 Å². The van der Waals surface area contributed by atoms with Crippen molar-refractivity contribution in [3.05, 3.63) is 30.7 Å². The Kier molecular flexibility index (Phi) is 1.84. The van der Waals surface area contributed by atoms with E-state index in [-0.39, 0.29) is 0 Å². The van der Waals surface area contributed by atoms with Crippen LogP contribution in [0.15, 0.2) is 30.7 Å². The Morgan fingerprint density at radius 2 is 2.38 bits per heavy atom. The fourth-order valence-electron chi connectivity index (χ4n) is 0.982. The molecule has 0 bridgehead atoms. The molecule has 2 heterocycles. The summed E-state index contributed by atoms with van der Waals surface area (Å²) < 4.78 is 0. The number of nitrogens with two attached hydrogens (primary N) is 1. The van der Waals surface area contributed by atoms with Crippen molar-refractivity contribution in [2.75, 3.05) is 11.1 Å². The fourth-order valence-corrected chi connectivity index (χ4v) is 0.982. The van der Waals surface area contributed by atoms with Crippen molar-refractivity contribution >= 4 is 17.2 Å². The number of H-pyrrole nitrogens is 1. The molecule has 0 aliphatic rings. The van der Waals surface area contributed by atoms with Gasteiger partial charge in [-0.3, -0.25) is 5.10 Å². The second-order valence-electron chi connectivity index (χ2n) is 2.59. The van der Waals surface area contributed by atoms with Gasteiger partial charge in [-0.2, -0.15) is 5.10 Å². The first kappa shape index (κ1) is 7.60. The topological polar surface area (TPSA) is 79.6 Å². The Morgan fingerprint density at radius 3 is 3.08 bits per heavy atom. The number of aromatic amines is 1. The van der Waals surface area contributed by atoms with Crippen molar-refractivity contribution in [1.29, 1.82) is 0 Å². The summed E-state index contributed by atoms with van der Waals surface area (Å²) in [5.41, 5.74) is 7.12. The van der Waals surface area contributed by atoms with E-state index in [1.54, 1.807) is 30.7 Å². The van der Waals surface area contributed by atoms with Gasteiger partial charge in [-0.05, 0) is 6.07 Å². The number of rotatable bonds is 2. The molecule has 4 N–H and O–H groups in total. The zero-order valence-corrected chi connectivity index (χ0v) is 6.86. The lowest BCUT2D eigenvalue weighted by Crippen LogP contribution is -1.93. The van der Waals surface area contributed by atoms with Crippen LogP contribution < -0.4 is 11.1 Å². The van der Waals surface area contributed by atoms with Crippen LogP contribution in [0.1, 0.15) is 0 Å². The number of nitrogen functional groups attached to an aromatic ring is 1. The van der Waals surface area contributed by atoms with Gasteiger partial charge >= 0.3 is 0 Å². The minimum absolute atomic E-state index is 0.681. The number of pyridine rings is 1. The Morgan fingerprint density at radius 1 is 1.46 bits per heavy atom. The summed E-state index contributed by atoms with van der Waals surface area (Å²) in [6, 6.07) is 3.49. The second-order valence-corrected chi connectivity index (χ2v) is 2.59. The number of aromatic nitrogens is 3. The first-order valence-corrected chi connectivity index (χ1v) is 3.82. The summed E-state index contributed by atoms with van der Waals surface area (Å²) in [6.45, 7) is 0. The summed E-state index contributed by atoms with van der Waals surface area (Å²) in [5, 5.41) is 9.53. The third kappa shape index (κ3) is 1.76. The zero-order valence-electron chi connectivity index (χ0n) is 6.86. The Balaban J connectivity index is 2.19. The minimum atomic E-state index is 0.681. The zero-order chi connectivity index (χ0) is 9.10. The van der Waals surface area contributed by atoms with Gasteiger partial charge in [0.15, 0.2) is 0 Å². The molecule has 0 aliphatic heterocycles. The largest absolute Gasteiger partial charge is 0.399 e. The molecule has 0 spiro atoms. The van der Waals surface area contributed by atoms with Crippen molar-refractivity contribution in [2.24, 2.45) is 0 Å².